The first-order valence-electron chi connectivity index (χ1n) is 6.83. The van der Waals surface area contributed by atoms with Gasteiger partial charge in [-0.25, -0.2) is 0 Å². The van der Waals surface area contributed by atoms with Gasteiger partial charge in [-0.3, -0.25) is 4.79 Å². The summed E-state index contributed by atoms with van der Waals surface area (Å²) in [5, 5.41) is 15.1. The summed E-state index contributed by atoms with van der Waals surface area (Å²) in [6.45, 7) is 6.97. The van der Waals surface area contributed by atoms with Crippen LogP contribution in [0.25, 0.3) is 0 Å². The molecule has 0 aliphatic carbocycles. The lowest BCUT2D eigenvalue weighted by atomic mass is 9.94. The third-order valence-electron chi connectivity index (χ3n) is 3.15. The van der Waals surface area contributed by atoms with Gasteiger partial charge in [0, 0.05) is 19.7 Å². The molecular weight excluding hydrogens is 268 g/mol. The zero-order chi connectivity index (χ0) is 13.4. The molecule has 2 atom stereocenters. The molecule has 3 N–H and O–H groups in total. The topological polar surface area (TPSA) is 70.6 Å². The third kappa shape index (κ3) is 7.72. The summed E-state index contributed by atoms with van der Waals surface area (Å²) in [4.78, 5) is 11.9. The van der Waals surface area contributed by atoms with E-state index in [1.165, 1.54) is 0 Å². The molecule has 0 aromatic rings. The number of aliphatic hydroxyl groups excluding tert-OH is 1. The van der Waals surface area contributed by atoms with Crippen molar-refractivity contribution in [2.24, 2.45) is 11.8 Å². The Morgan fingerprint density at radius 3 is 2.79 bits per heavy atom. The molecule has 0 spiro atoms. The number of halogens is 1. The monoisotopic (exact) mass is 294 g/mol. The second-order valence-electron chi connectivity index (χ2n) is 5.33. The van der Waals surface area contributed by atoms with Gasteiger partial charge in [0.15, 0.2) is 0 Å². The summed E-state index contributed by atoms with van der Waals surface area (Å²) < 4.78 is 5.26. The molecule has 0 aromatic carbocycles. The van der Waals surface area contributed by atoms with E-state index in [1.54, 1.807) is 0 Å². The van der Waals surface area contributed by atoms with E-state index < -0.39 is 0 Å². The van der Waals surface area contributed by atoms with Gasteiger partial charge in [0.05, 0.1) is 13.2 Å². The van der Waals surface area contributed by atoms with Gasteiger partial charge in [-0.05, 0) is 24.7 Å². The number of morpholine rings is 1. The average Bonchev–Trinajstić information content (AvgIpc) is 2.36. The molecule has 0 bridgehead atoms. The second kappa shape index (κ2) is 10.4. The summed E-state index contributed by atoms with van der Waals surface area (Å²) in [5.41, 5.74) is 0. The Labute approximate surface area is 121 Å². The van der Waals surface area contributed by atoms with Crippen molar-refractivity contribution in [2.45, 2.75) is 32.7 Å². The normalized spacial score (nSPS) is 20.7. The molecule has 0 radical (unpaired) electrons. The van der Waals surface area contributed by atoms with Crippen LogP contribution in [0.15, 0.2) is 0 Å². The van der Waals surface area contributed by atoms with Crippen LogP contribution in [0.3, 0.4) is 0 Å². The zero-order valence-corrected chi connectivity index (χ0v) is 12.7. The Balaban J connectivity index is 0.00000324. The van der Waals surface area contributed by atoms with Crippen molar-refractivity contribution in [3.63, 3.8) is 0 Å². The van der Waals surface area contributed by atoms with Gasteiger partial charge in [-0.1, -0.05) is 13.8 Å². The Kier molecular flexibility index (Phi) is 10.2. The molecule has 1 heterocycles. The predicted molar refractivity (Wildman–Crippen MR) is 77.5 cm³/mol. The standard InChI is InChI=1S/C13H26N2O3.ClH/c1-10(2)7-11(3-5-16)8-15-13(17)12-9-18-6-4-14-12;/h10-12,14,16H,3-9H2,1-2H3,(H,15,17);1H. The Morgan fingerprint density at radius 2 is 2.26 bits per heavy atom. The fourth-order valence-electron chi connectivity index (χ4n) is 2.25. The summed E-state index contributed by atoms with van der Waals surface area (Å²) >= 11 is 0. The van der Waals surface area contributed by atoms with Crippen LogP contribution >= 0.6 is 12.4 Å². The van der Waals surface area contributed by atoms with Crippen molar-refractivity contribution in [2.75, 3.05) is 32.9 Å². The maximum absolute atomic E-state index is 11.9. The lowest BCUT2D eigenvalue weighted by Crippen LogP contribution is -2.51. The maximum Gasteiger partial charge on any atom is 0.239 e. The summed E-state index contributed by atoms with van der Waals surface area (Å²) in [6, 6.07) is -0.229. The van der Waals surface area contributed by atoms with Gasteiger partial charge in [0.25, 0.3) is 0 Å². The molecule has 1 amide bonds. The number of amides is 1. The second-order valence-corrected chi connectivity index (χ2v) is 5.33. The van der Waals surface area contributed by atoms with E-state index in [2.05, 4.69) is 24.5 Å². The highest BCUT2D eigenvalue weighted by molar-refractivity contribution is 5.85. The van der Waals surface area contributed by atoms with Gasteiger partial charge < -0.3 is 20.5 Å². The van der Waals surface area contributed by atoms with Crippen LogP contribution in [0.5, 0.6) is 0 Å². The molecule has 0 aromatic heterocycles. The van der Waals surface area contributed by atoms with Crippen LogP contribution in [0.1, 0.15) is 26.7 Å². The number of ether oxygens (including phenoxy) is 1. The lowest BCUT2D eigenvalue weighted by molar-refractivity contribution is -0.126. The van der Waals surface area contributed by atoms with Gasteiger partial charge in [0.2, 0.25) is 5.91 Å². The fourth-order valence-corrected chi connectivity index (χ4v) is 2.25. The van der Waals surface area contributed by atoms with Crippen molar-refractivity contribution >= 4 is 18.3 Å². The number of nitrogens with one attached hydrogen (secondary N) is 2. The summed E-state index contributed by atoms with van der Waals surface area (Å²) in [7, 11) is 0. The highest BCUT2D eigenvalue weighted by Crippen LogP contribution is 2.14. The highest BCUT2D eigenvalue weighted by Gasteiger charge is 2.21. The van der Waals surface area contributed by atoms with Crippen LogP contribution in [0.4, 0.5) is 0 Å². The maximum atomic E-state index is 11.9. The Hall–Kier alpha value is -0.360. The quantitative estimate of drug-likeness (QED) is 0.642. The number of hydrogen-bond donors (Lipinski definition) is 3. The van der Waals surface area contributed by atoms with E-state index in [-0.39, 0.29) is 31.0 Å². The number of hydrogen-bond acceptors (Lipinski definition) is 4. The molecule has 5 nitrogen and oxygen atoms in total. The minimum atomic E-state index is -0.229. The van der Waals surface area contributed by atoms with Gasteiger partial charge >= 0.3 is 0 Å². The zero-order valence-electron chi connectivity index (χ0n) is 11.9. The van der Waals surface area contributed by atoms with Gasteiger partial charge in [-0.15, -0.1) is 12.4 Å². The van der Waals surface area contributed by atoms with Crippen LogP contribution in [0.2, 0.25) is 0 Å². The first-order valence-corrected chi connectivity index (χ1v) is 6.83. The highest BCUT2D eigenvalue weighted by atomic mass is 35.5. The Bertz CT molecular complexity index is 246. The van der Waals surface area contributed by atoms with E-state index in [9.17, 15) is 4.79 Å². The van der Waals surface area contributed by atoms with Crippen molar-refractivity contribution in [3.8, 4) is 0 Å². The van der Waals surface area contributed by atoms with Crippen LogP contribution in [-0.4, -0.2) is 50.0 Å². The molecule has 1 saturated heterocycles. The molecule has 2 unspecified atom stereocenters. The smallest absolute Gasteiger partial charge is 0.239 e. The molecular formula is C13H27ClN2O3. The molecule has 1 aliphatic heterocycles. The molecule has 1 fully saturated rings. The first kappa shape index (κ1) is 18.6. The van der Waals surface area contributed by atoms with Crippen molar-refractivity contribution in [3.05, 3.63) is 0 Å². The minimum Gasteiger partial charge on any atom is -0.396 e. The molecule has 0 saturated carbocycles. The fraction of sp³-hybridized carbons (Fsp3) is 0.923. The predicted octanol–water partition coefficient (Wildman–Crippen LogP) is 0.557. The molecule has 19 heavy (non-hydrogen) atoms. The average molecular weight is 295 g/mol. The first-order chi connectivity index (χ1) is 8.63. The molecule has 1 aliphatic rings. The van der Waals surface area contributed by atoms with E-state index in [1.807, 2.05) is 0 Å². The SMILES string of the molecule is CC(C)CC(CCO)CNC(=O)C1COCCN1.Cl. The van der Waals surface area contributed by atoms with E-state index in [0.29, 0.717) is 31.6 Å². The van der Waals surface area contributed by atoms with Crippen molar-refractivity contribution < 1.29 is 14.6 Å². The van der Waals surface area contributed by atoms with Gasteiger partial charge in [0.1, 0.15) is 6.04 Å². The third-order valence-corrected chi connectivity index (χ3v) is 3.15. The van der Waals surface area contributed by atoms with Crippen LogP contribution in [-0.2, 0) is 9.53 Å². The number of aliphatic hydroxyl groups is 1. The van der Waals surface area contributed by atoms with Gasteiger partial charge in [-0.2, -0.15) is 0 Å². The van der Waals surface area contributed by atoms with E-state index in [0.717, 1.165) is 19.4 Å². The number of rotatable bonds is 7. The molecule has 1 rings (SSSR count). The van der Waals surface area contributed by atoms with E-state index in [4.69, 9.17) is 9.84 Å². The van der Waals surface area contributed by atoms with E-state index >= 15 is 0 Å². The van der Waals surface area contributed by atoms with Crippen molar-refractivity contribution in [1.82, 2.24) is 10.6 Å². The largest absolute Gasteiger partial charge is 0.396 e. The number of carbonyl (C=O) groups excluding carboxylic acids is 1. The van der Waals surface area contributed by atoms with Crippen LogP contribution in [0, 0.1) is 11.8 Å². The summed E-state index contributed by atoms with van der Waals surface area (Å²) in [6.07, 6.45) is 1.77. The summed E-state index contributed by atoms with van der Waals surface area (Å²) in [5.74, 6) is 0.930. The van der Waals surface area contributed by atoms with Crippen LogP contribution < -0.4 is 10.6 Å². The van der Waals surface area contributed by atoms with Crippen molar-refractivity contribution in [1.29, 1.82) is 0 Å². The lowest BCUT2D eigenvalue weighted by Gasteiger charge is -2.24. The Morgan fingerprint density at radius 1 is 1.53 bits per heavy atom. The minimum absolute atomic E-state index is 0. The molecule has 114 valence electrons. The number of carbonyl (C=O) groups is 1. The molecule has 6 heteroatoms.